The number of thioether (sulfide) groups is 1. The Bertz CT molecular complexity index is 519. The van der Waals surface area contributed by atoms with E-state index >= 15 is 0 Å². The first-order chi connectivity index (χ1) is 8.81. The van der Waals surface area contributed by atoms with Crippen molar-refractivity contribution in [3.8, 4) is 0 Å². The van der Waals surface area contributed by atoms with Crippen molar-refractivity contribution in [2.75, 3.05) is 23.9 Å². The molecule has 0 fully saturated rings. The molecule has 2 aromatic rings. The van der Waals surface area contributed by atoms with Crippen molar-refractivity contribution in [3.63, 3.8) is 0 Å². The van der Waals surface area contributed by atoms with E-state index in [1.807, 2.05) is 11.8 Å². The Morgan fingerprint density at radius 2 is 2.17 bits per heavy atom. The minimum Gasteiger partial charge on any atom is -0.369 e. The highest BCUT2D eigenvalue weighted by atomic mass is 32.2. The quantitative estimate of drug-likeness (QED) is 0.813. The molecule has 5 heteroatoms. The summed E-state index contributed by atoms with van der Waals surface area (Å²) in [6.07, 6.45) is 5.87. The van der Waals surface area contributed by atoms with E-state index in [0.717, 1.165) is 23.9 Å². The summed E-state index contributed by atoms with van der Waals surface area (Å²) in [7, 11) is 0. The van der Waals surface area contributed by atoms with Crippen LogP contribution in [0.1, 0.15) is 12.8 Å². The van der Waals surface area contributed by atoms with Gasteiger partial charge in [-0.1, -0.05) is 0 Å². The van der Waals surface area contributed by atoms with Crippen LogP contribution < -0.4 is 5.32 Å². The van der Waals surface area contributed by atoms with Crippen molar-refractivity contribution in [2.24, 2.45) is 0 Å². The zero-order valence-corrected chi connectivity index (χ0v) is 11.1. The molecule has 2 rings (SSSR count). The van der Waals surface area contributed by atoms with Gasteiger partial charge in [0.05, 0.1) is 5.52 Å². The number of fused-ring (bicyclic) bond motifs is 1. The third kappa shape index (κ3) is 3.32. The van der Waals surface area contributed by atoms with Gasteiger partial charge in [-0.05, 0) is 43.0 Å². The first-order valence-electron chi connectivity index (χ1n) is 5.94. The molecule has 0 aliphatic rings. The van der Waals surface area contributed by atoms with E-state index in [4.69, 9.17) is 0 Å². The highest BCUT2D eigenvalue weighted by Crippen LogP contribution is 2.20. The number of unbranched alkanes of at least 4 members (excludes halogenated alkanes) is 1. The van der Waals surface area contributed by atoms with Crippen LogP contribution in [-0.4, -0.2) is 28.5 Å². The van der Waals surface area contributed by atoms with E-state index in [0.29, 0.717) is 5.82 Å². The normalized spacial score (nSPS) is 10.8. The van der Waals surface area contributed by atoms with E-state index in [1.165, 1.54) is 30.6 Å². The molecule has 1 aromatic heterocycles. The van der Waals surface area contributed by atoms with Crippen molar-refractivity contribution >= 4 is 28.5 Å². The van der Waals surface area contributed by atoms with Gasteiger partial charge in [0.2, 0.25) is 0 Å². The number of nitrogens with one attached hydrogen (secondary N) is 1. The summed E-state index contributed by atoms with van der Waals surface area (Å²) in [6, 6.07) is 4.56. The lowest BCUT2D eigenvalue weighted by Crippen LogP contribution is -2.04. The molecule has 0 atom stereocenters. The van der Waals surface area contributed by atoms with Crippen LogP contribution in [-0.2, 0) is 0 Å². The minimum atomic E-state index is -0.261. The maximum Gasteiger partial charge on any atom is 0.137 e. The molecule has 0 bridgehead atoms. The Labute approximate surface area is 110 Å². The molecule has 1 heterocycles. The van der Waals surface area contributed by atoms with Crippen LogP contribution in [0.2, 0.25) is 0 Å². The van der Waals surface area contributed by atoms with Crippen molar-refractivity contribution in [1.29, 1.82) is 0 Å². The van der Waals surface area contributed by atoms with Gasteiger partial charge in [0, 0.05) is 11.9 Å². The Hall–Kier alpha value is -1.36. The van der Waals surface area contributed by atoms with E-state index in [1.54, 1.807) is 6.07 Å². The summed E-state index contributed by atoms with van der Waals surface area (Å²) in [5.74, 6) is 1.62. The smallest absolute Gasteiger partial charge is 0.137 e. The minimum absolute atomic E-state index is 0.261. The topological polar surface area (TPSA) is 37.8 Å². The first kappa shape index (κ1) is 13.1. The SMILES string of the molecule is CSCCCCNc1ncnc2ccc(F)cc12. The van der Waals surface area contributed by atoms with Gasteiger partial charge in [0.1, 0.15) is 18.0 Å². The lowest BCUT2D eigenvalue weighted by atomic mass is 10.2. The molecule has 0 spiro atoms. The van der Waals surface area contributed by atoms with Crippen molar-refractivity contribution in [2.45, 2.75) is 12.8 Å². The van der Waals surface area contributed by atoms with E-state index in [9.17, 15) is 4.39 Å². The zero-order valence-electron chi connectivity index (χ0n) is 10.3. The van der Waals surface area contributed by atoms with Gasteiger partial charge >= 0.3 is 0 Å². The number of aromatic nitrogens is 2. The van der Waals surface area contributed by atoms with Gasteiger partial charge in [-0.3, -0.25) is 0 Å². The molecule has 0 aliphatic heterocycles. The summed E-state index contributed by atoms with van der Waals surface area (Å²) in [4.78, 5) is 8.29. The van der Waals surface area contributed by atoms with Gasteiger partial charge in [0.25, 0.3) is 0 Å². The fourth-order valence-electron chi connectivity index (χ4n) is 1.75. The maximum atomic E-state index is 13.2. The molecule has 0 amide bonds. The molecule has 0 unspecified atom stereocenters. The van der Waals surface area contributed by atoms with E-state index < -0.39 is 0 Å². The standard InChI is InChI=1S/C13H16FN3S/c1-18-7-3-2-6-15-13-11-8-10(14)4-5-12(11)16-9-17-13/h4-5,8-9H,2-3,6-7H2,1H3,(H,15,16,17). The Morgan fingerprint density at radius 3 is 3.00 bits per heavy atom. The average molecular weight is 265 g/mol. The van der Waals surface area contributed by atoms with Gasteiger partial charge in [-0.25, -0.2) is 14.4 Å². The predicted octanol–water partition coefficient (Wildman–Crippen LogP) is 3.32. The number of nitrogens with zero attached hydrogens (tertiary/aromatic N) is 2. The van der Waals surface area contributed by atoms with E-state index in [2.05, 4.69) is 21.5 Å². The van der Waals surface area contributed by atoms with Crippen LogP contribution in [0, 0.1) is 5.82 Å². The van der Waals surface area contributed by atoms with Gasteiger partial charge in [-0.2, -0.15) is 11.8 Å². The van der Waals surface area contributed by atoms with Crippen molar-refractivity contribution in [1.82, 2.24) is 9.97 Å². The third-order valence-corrected chi connectivity index (χ3v) is 3.36. The average Bonchev–Trinajstić information content (AvgIpc) is 2.39. The summed E-state index contributed by atoms with van der Waals surface area (Å²) < 4.78 is 13.2. The second kappa shape index (κ2) is 6.54. The van der Waals surface area contributed by atoms with Crippen LogP contribution in [0.15, 0.2) is 24.5 Å². The molecule has 0 aliphatic carbocycles. The summed E-state index contributed by atoms with van der Waals surface area (Å²) >= 11 is 1.85. The molecular formula is C13H16FN3S. The van der Waals surface area contributed by atoms with Crippen molar-refractivity contribution in [3.05, 3.63) is 30.3 Å². The largest absolute Gasteiger partial charge is 0.369 e. The molecule has 3 nitrogen and oxygen atoms in total. The van der Waals surface area contributed by atoms with Gasteiger partial charge in [-0.15, -0.1) is 0 Å². The van der Waals surface area contributed by atoms with Gasteiger partial charge in [0.15, 0.2) is 0 Å². The fourth-order valence-corrected chi connectivity index (χ4v) is 2.24. The molecule has 1 aromatic carbocycles. The van der Waals surface area contributed by atoms with E-state index in [-0.39, 0.29) is 5.82 Å². The highest BCUT2D eigenvalue weighted by Gasteiger charge is 2.04. The number of benzene rings is 1. The van der Waals surface area contributed by atoms with Crippen LogP contribution in [0.3, 0.4) is 0 Å². The second-order valence-corrected chi connectivity index (χ2v) is 5.00. The zero-order chi connectivity index (χ0) is 12.8. The number of rotatable bonds is 6. The van der Waals surface area contributed by atoms with Crippen LogP contribution in [0.4, 0.5) is 10.2 Å². The van der Waals surface area contributed by atoms with Gasteiger partial charge < -0.3 is 5.32 Å². The van der Waals surface area contributed by atoms with Crippen molar-refractivity contribution < 1.29 is 4.39 Å². The predicted molar refractivity (Wildman–Crippen MR) is 75.6 cm³/mol. The summed E-state index contributed by atoms with van der Waals surface area (Å²) in [5, 5.41) is 3.99. The monoisotopic (exact) mass is 265 g/mol. The molecule has 18 heavy (non-hydrogen) atoms. The lowest BCUT2D eigenvalue weighted by Gasteiger charge is -2.07. The molecular weight excluding hydrogens is 249 g/mol. The van der Waals surface area contributed by atoms with Crippen LogP contribution in [0.5, 0.6) is 0 Å². The Balaban J connectivity index is 2.05. The Kier molecular flexibility index (Phi) is 4.75. The highest BCUT2D eigenvalue weighted by molar-refractivity contribution is 7.98. The van der Waals surface area contributed by atoms with Crippen LogP contribution >= 0.6 is 11.8 Å². The molecule has 0 saturated heterocycles. The number of anilines is 1. The fraction of sp³-hybridized carbons (Fsp3) is 0.385. The lowest BCUT2D eigenvalue weighted by molar-refractivity contribution is 0.629. The number of hydrogen-bond donors (Lipinski definition) is 1. The maximum absolute atomic E-state index is 13.2. The summed E-state index contributed by atoms with van der Waals surface area (Å²) in [6.45, 7) is 0.850. The molecule has 0 saturated carbocycles. The Morgan fingerprint density at radius 1 is 1.28 bits per heavy atom. The molecule has 1 N–H and O–H groups in total. The third-order valence-electron chi connectivity index (χ3n) is 2.67. The first-order valence-corrected chi connectivity index (χ1v) is 7.33. The number of halogens is 1. The number of hydrogen-bond acceptors (Lipinski definition) is 4. The summed E-state index contributed by atoms with van der Waals surface area (Å²) in [5.41, 5.74) is 0.762. The second-order valence-electron chi connectivity index (χ2n) is 4.01. The molecule has 0 radical (unpaired) electrons. The van der Waals surface area contributed by atoms with Crippen LogP contribution in [0.25, 0.3) is 10.9 Å². The molecule has 96 valence electrons.